The molecule has 2 aliphatic rings. The monoisotopic (exact) mass is 571 g/mol. The SMILES string of the molecule is O=C(O)C(=O)O.O=C1CCCC(c2ccccc2)N1CCCCN1CCN(C(c2ccccc2)c2ccccc2)CC1. The maximum atomic E-state index is 12.7. The molecule has 2 aliphatic heterocycles. The molecule has 1 unspecified atom stereocenters. The van der Waals surface area contributed by atoms with Crippen LogP contribution in [0, 0.1) is 0 Å². The van der Waals surface area contributed by atoms with Crippen molar-refractivity contribution in [2.24, 2.45) is 0 Å². The number of carboxylic acids is 2. The Bertz CT molecular complexity index is 1210. The van der Waals surface area contributed by atoms with Gasteiger partial charge in [-0.2, -0.15) is 0 Å². The molecule has 2 heterocycles. The van der Waals surface area contributed by atoms with E-state index >= 15 is 0 Å². The molecule has 0 aliphatic carbocycles. The summed E-state index contributed by atoms with van der Waals surface area (Å²) in [6.45, 7) is 6.36. The molecule has 5 rings (SSSR count). The third kappa shape index (κ3) is 8.74. The average Bonchev–Trinajstić information content (AvgIpc) is 3.02. The first-order chi connectivity index (χ1) is 20.4. The van der Waals surface area contributed by atoms with Crippen LogP contribution in [-0.2, 0) is 14.4 Å². The standard InChI is InChI=1S/C32H39N3O.C2H2O4/c36-31-20-12-19-30(27-13-4-1-5-14-27)35(31)22-11-10-21-33-23-25-34(26-24-33)32(28-15-6-2-7-16-28)29-17-8-3-9-18-29;3-1(4)2(5)6/h1-9,13-18,30,32H,10-12,19-26H2;(H,3,4)(H,5,6). The predicted molar refractivity (Wildman–Crippen MR) is 162 cm³/mol. The Balaban J connectivity index is 0.000000612. The zero-order valence-corrected chi connectivity index (χ0v) is 24.1. The van der Waals surface area contributed by atoms with Gasteiger partial charge in [0.2, 0.25) is 5.91 Å². The summed E-state index contributed by atoms with van der Waals surface area (Å²) in [5.74, 6) is -3.32. The number of piperazine rings is 1. The van der Waals surface area contributed by atoms with Crippen LogP contribution in [-0.4, -0.2) is 82.0 Å². The third-order valence-corrected chi connectivity index (χ3v) is 8.06. The fraction of sp³-hybridized carbons (Fsp3) is 0.382. The molecule has 0 spiro atoms. The number of aliphatic carboxylic acids is 2. The Morgan fingerprint density at radius 3 is 1.74 bits per heavy atom. The molecule has 2 fully saturated rings. The van der Waals surface area contributed by atoms with E-state index in [9.17, 15) is 4.79 Å². The lowest BCUT2D eigenvalue weighted by Crippen LogP contribution is -2.48. The largest absolute Gasteiger partial charge is 0.473 e. The first kappa shape index (κ1) is 30.9. The number of hydrogen-bond acceptors (Lipinski definition) is 5. The van der Waals surface area contributed by atoms with Gasteiger partial charge in [0.25, 0.3) is 0 Å². The minimum absolute atomic E-state index is 0.254. The van der Waals surface area contributed by atoms with Crippen LogP contribution < -0.4 is 0 Å². The number of hydrogen-bond donors (Lipinski definition) is 2. The van der Waals surface area contributed by atoms with E-state index in [0.717, 1.165) is 65.0 Å². The number of carbonyl (C=O) groups excluding carboxylic acids is 1. The van der Waals surface area contributed by atoms with Crippen LogP contribution in [0.25, 0.3) is 0 Å². The van der Waals surface area contributed by atoms with Gasteiger partial charge < -0.3 is 20.0 Å². The summed E-state index contributed by atoms with van der Waals surface area (Å²) in [4.78, 5) is 38.3. The fourth-order valence-electron chi connectivity index (χ4n) is 5.97. The van der Waals surface area contributed by atoms with Crippen LogP contribution in [0.4, 0.5) is 0 Å². The van der Waals surface area contributed by atoms with Crippen LogP contribution in [0.2, 0.25) is 0 Å². The molecule has 8 heteroatoms. The number of carbonyl (C=O) groups is 3. The molecule has 2 saturated heterocycles. The highest BCUT2D eigenvalue weighted by atomic mass is 16.4. The van der Waals surface area contributed by atoms with Crippen LogP contribution in [0.3, 0.4) is 0 Å². The molecule has 1 atom stereocenters. The molecule has 3 aromatic rings. The first-order valence-electron chi connectivity index (χ1n) is 14.8. The topological polar surface area (TPSA) is 101 Å². The van der Waals surface area contributed by atoms with Crippen molar-refractivity contribution in [2.75, 3.05) is 39.3 Å². The third-order valence-electron chi connectivity index (χ3n) is 8.06. The summed E-state index contributed by atoms with van der Waals surface area (Å²) in [7, 11) is 0. The van der Waals surface area contributed by atoms with Crippen LogP contribution >= 0.6 is 0 Å². The minimum atomic E-state index is -1.82. The van der Waals surface area contributed by atoms with Crippen molar-refractivity contribution in [3.05, 3.63) is 108 Å². The van der Waals surface area contributed by atoms with E-state index in [2.05, 4.69) is 106 Å². The van der Waals surface area contributed by atoms with Crippen LogP contribution in [0.1, 0.15) is 60.9 Å². The Morgan fingerprint density at radius 2 is 1.21 bits per heavy atom. The Labute approximate surface area is 248 Å². The summed E-state index contributed by atoms with van der Waals surface area (Å²) in [6.07, 6.45) is 5.02. The summed E-state index contributed by atoms with van der Waals surface area (Å²) in [5, 5.41) is 14.8. The molecule has 0 saturated carbocycles. The Hall–Kier alpha value is -4.01. The van der Waals surface area contributed by atoms with E-state index in [-0.39, 0.29) is 6.04 Å². The van der Waals surface area contributed by atoms with Gasteiger partial charge in [0.05, 0.1) is 12.1 Å². The second-order valence-corrected chi connectivity index (χ2v) is 10.8. The van der Waals surface area contributed by atoms with Gasteiger partial charge in [0.1, 0.15) is 0 Å². The normalized spacial score (nSPS) is 17.9. The molecule has 1 amide bonds. The van der Waals surface area contributed by atoms with Gasteiger partial charge in [-0.25, -0.2) is 9.59 Å². The van der Waals surface area contributed by atoms with Crippen LogP contribution in [0.15, 0.2) is 91.0 Å². The quantitative estimate of drug-likeness (QED) is 0.273. The van der Waals surface area contributed by atoms with Crippen LogP contribution in [0.5, 0.6) is 0 Å². The van der Waals surface area contributed by atoms with Gasteiger partial charge >= 0.3 is 11.9 Å². The van der Waals surface area contributed by atoms with Gasteiger partial charge in [-0.3, -0.25) is 9.69 Å². The molecule has 2 N–H and O–H groups in total. The number of benzene rings is 3. The number of unbranched alkanes of at least 4 members (excludes halogenated alkanes) is 1. The van der Waals surface area contributed by atoms with Gasteiger partial charge in [-0.05, 0) is 48.9 Å². The number of nitrogens with zero attached hydrogens (tertiary/aromatic N) is 3. The number of likely N-dealkylation sites (tertiary alicyclic amines) is 1. The lowest BCUT2D eigenvalue weighted by molar-refractivity contribution is -0.159. The maximum absolute atomic E-state index is 12.7. The lowest BCUT2D eigenvalue weighted by Gasteiger charge is -2.40. The minimum Gasteiger partial charge on any atom is -0.473 e. The molecule has 0 aromatic heterocycles. The molecular formula is C34H41N3O5. The van der Waals surface area contributed by atoms with E-state index < -0.39 is 11.9 Å². The Kier molecular flexibility index (Phi) is 11.7. The van der Waals surface area contributed by atoms with Crippen molar-refractivity contribution in [3.8, 4) is 0 Å². The van der Waals surface area contributed by atoms with E-state index in [1.54, 1.807) is 0 Å². The number of piperidine rings is 1. The number of carboxylic acid groups (broad SMARTS) is 2. The molecule has 42 heavy (non-hydrogen) atoms. The lowest BCUT2D eigenvalue weighted by atomic mass is 9.94. The van der Waals surface area contributed by atoms with E-state index in [4.69, 9.17) is 19.8 Å². The summed E-state index contributed by atoms with van der Waals surface area (Å²) in [5.41, 5.74) is 4.03. The van der Waals surface area contributed by atoms with Crippen molar-refractivity contribution >= 4 is 17.8 Å². The van der Waals surface area contributed by atoms with Crippen molar-refractivity contribution in [1.82, 2.24) is 14.7 Å². The fourth-order valence-corrected chi connectivity index (χ4v) is 5.97. The first-order valence-corrected chi connectivity index (χ1v) is 14.8. The molecule has 0 radical (unpaired) electrons. The highest BCUT2D eigenvalue weighted by Gasteiger charge is 2.29. The van der Waals surface area contributed by atoms with Crippen molar-refractivity contribution in [2.45, 2.75) is 44.2 Å². The molecule has 222 valence electrons. The molecule has 3 aromatic carbocycles. The average molecular weight is 572 g/mol. The van der Waals surface area contributed by atoms with Gasteiger partial charge in [0.15, 0.2) is 0 Å². The second kappa shape index (κ2) is 15.8. The van der Waals surface area contributed by atoms with Gasteiger partial charge in [-0.1, -0.05) is 91.0 Å². The van der Waals surface area contributed by atoms with E-state index in [1.807, 2.05) is 0 Å². The summed E-state index contributed by atoms with van der Waals surface area (Å²) >= 11 is 0. The molecular weight excluding hydrogens is 530 g/mol. The summed E-state index contributed by atoms with van der Waals surface area (Å²) in [6, 6.07) is 33.0. The second-order valence-electron chi connectivity index (χ2n) is 10.8. The van der Waals surface area contributed by atoms with E-state index in [0.29, 0.717) is 18.4 Å². The number of amides is 1. The predicted octanol–water partition coefficient (Wildman–Crippen LogP) is 5.08. The van der Waals surface area contributed by atoms with Crippen molar-refractivity contribution < 1.29 is 24.6 Å². The Morgan fingerprint density at radius 1 is 0.714 bits per heavy atom. The smallest absolute Gasteiger partial charge is 0.414 e. The molecule has 0 bridgehead atoms. The summed E-state index contributed by atoms with van der Waals surface area (Å²) < 4.78 is 0. The highest BCUT2D eigenvalue weighted by Crippen LogP contribution is 2.32. The van der Waals surface area contributed by atoms with Crippen molar-refractivity contribution in [3.63, 3.8) is 0 Å². The van der Waals surface area contributed by atoms with Gasteiger partial charge in [0, 0.05) is 39.1 Å². The highest BCUT2D eigenvalue weighted by molar-refractivity contribution is 6.27. The zero-order valence-electron chi connectivity index (χ0n) is 24.1. The van der Waals surface area contributed by atoms with Crippen molar-refractivity contribution in [1.29, 1.82) is 0 Å². The zero-order chi connectivity index (χ0) is 29.7. The van der Waals surface area contributed by atoms with Gasteiger partial charge in [-0.15, -0.1) is 0 Å². The molecule has 8 nitrogen and oxygen atoms in total. The van der Waals surface area contributed by atoms with E-state index in [1.165, 1.54) is 16.7 Å². The number of rotatable bonds is 9. The maximum Gasteiger partial charge on any atom is 0.414 e.